The number of nitro benzene ring substituents is 1. The molecule has 2 aromatic rings. The maximum Gasteiger partial charge on any atom is 0.270 e. The number of benzene rings is 2. The molecule has 2 rings (SSSR count). The molecule has 0 spiro atoms. The van der Waals surface area contributed by atoms with Crippen molar-refractivity contribution in [3.8, 4) is 0 Å². The molecule has 0 heterocycles. The van der Waals surface area contributed by atoms with Crippen molar-refractivity contribution in [3.63, 3.8) is 0 Å². The highest BCUT2D eigenvalue weighted by Gasteiger charge is 2.18. The van der Waals surface area contributed by atoms with Gasteiger partial charge in [0.2, 0.25) is 15.9 Å². The molecule has 0 fully saturated rings. The number of sulfonamides is 1. The van der Waals surface area contributed by atoms with Crippen molar-refractivity contribution < 1.29 is 18.1 Å². The Morgan fingerprint density at radius 1 is 1.17 bits per heavy atom. The molecule has 8 nitrogen and oxygen atoms in total. The zero-order valence-electron chi connectivity index (χ0n) is 15.4. The molecule has 1 atom stereocenters. The summed E-state index contributed by atoms with van der Waals surface area (Å²) in [5.74, 6) is -0.646. The molecule has 2 aromatic carbocycles. The number of nitrogens with one attached hydrogen (secondary N) is 2. The minimum absolute atomic E-state index is 0.0612. The molecule has 29 heavy (non-hydrogen) atoms. The van der Waals surface area contributed by atoms with Gasteiger partial charge in [0.05, 0.1) is 9.82 Å². The average molecular weight is 460 g/mol. The van der Waals surface area contributed by atoms with E-state index in [2.05, 4.69) is 10.0 Å². The number of hydrogen-bond acceptors (Lipinski definition) is 5. The fourth-order valence-corrected chi connectivity index (χ4v) is 4.06. The van der Waals surface area contributed by atoms with Crippen LogP contribution in [0.5, 0.6) is 0 Å². The van der Waals surface area contributed by atoms with Gasteiger partial charge in [-0.05, 0) is 30.2 Å². The topological polar surface area (TPSA) is 118 Å². The number of nitro groups is 1. The van der Waals surface area contributed by atoms with Crippen LogP contribution in [0.4, 0.5) is 5.69 Å². The Kier molecular flexibility index (Phi) is 7.97. The number of rotatable bonds is 9. The first kappa shape index (κ1) is 23.1. The van der Waals surface area contributed by atoms with Crippen LogP contribution in [0.25, 0.3) is 0 Å². The van der Waals surface area contributed by atoms with Gasteiger partial charge in [-0.15, -0.1) is 0 Å². The average Bonchev–Trinajstić information content (AvgIpc) is 2.67. The molecule has 0 saturated heterocycles. The summed E-state index contributed by atoms with van der Waals surface area (Å²) >= 11 is 12.0. The lowest BCUT2D eigenvalue weighted by molar-refractivity contribution is -0.385. The van der Waals surface area contributed by atoms with E-state index in [1.807, 2.05) is 0 Å². The van der Waals surface area contributed by atoms with Gasteiger partial charge in [-0.3, -0.25) is 14.9 Å². The monoisotopic (exact) mass is 459 g/mol. The molecule has 2 N–H and O–H groups in total. The van der Waals surface area contributed by atoms with Crippen LogP contribution < -0.4 is 10.0 Å². The van der Waals surface area contributed by atoms with Crippen molar-refractivity contribution >= 4 is 44.8 Å². The smallest absolute Gasteiger partial charge is 0.270 e. The third kappa shape index (κ3) is 6.67. The standard InChI is InChI=1S/C18H19Cl2N3O5S/c1-12(9-13-5-6-14(19)10-17(13)20)18(24)21-7-8-22-29(27,28)16-4-2-3-15(11-16)23(25)26/h2-6,10-12,22H,7-9H2,1H3,(H,21,24). The first-order chi connectivity index (χ1) is 13.6. The highest BCUT2D eigenvalue weighted by molar-refractivity contribution is 7.89. The van der Waals surface area contributed by atoms with Gasteiger partial charge in [0.15, 0.2) is 0 Å². The number of hydrogen-bond donors (Lipinski definition) is 2. The van der Waals surface area contributed by atoms with Crippen LogP contribution in [0, 0.1) is 16.0 Å². The summed E-state index contributed by atoms with van der Waals surface area (Å²) < 4.78 is 26.7. The van der Waals surface area contributed by atoms with Crippen molar-refractivity contribution in [2.24, 2.45) is 5.92 Å². The summed E-state index contributed by atoms with van der Waals surface area (Å²) in [6.45, 7) is 1.73. The van der Waals surface area contributed by atoms with Gasteiger partial charge in [0, 0.05) is 41.2 Å². The van der Waals surface area contributed by atoms with Gasteiger partial charge < -0.3 is 5.32 Å². The Morgan fingerprint density at radius 3 is 2.55 bits per heavy atom. The first-order valence-corrected chi connectivity index (χ1v) is 10.8. The van der Waals surface area contributed by atoms with Gasteiger partial charge in [0.1, 0.15) is 0 Å². The third-order valence-electron chi connectivity index (χ3n) is 4.04. The minimum atomic E-state index is -3.93. The molecule has 0 aliphatic carbocycles. The molecule has 0 saturated carbocycles. The largest absolute Gasteiger partial charge is 0.355 e. The van der Waals surface area contributed by atoms with Crippen LogP contribution in [-0.4, -0.2) is 32.3 Å². The lowest BCUT2D eigenvalue weighted by atomic mass is 10.0. The second-order valence-electron chi connectivity index (χ2n) is 6.28. The van der Waals surface area contributed by atoms with Crippen LogP contribution >= 0.6 is 23.2 Å². The van der Waals surface area contributed by atoms with E-state index in [9.17, 15) is 23.3 Å². The Bertz CT molecular complexity index is 1010. The van der Waals surface area contributed by atoms with Crippen LogP contribution in [0.3, 0.4) is 0 Å². The normalized spacial score (nSPS) is 12.4. The highest BCUT2D eigenvalue weighted by atomic mass is 35.5. The maximum atomic E-state index is 12.2. The van der Waals surface area contributed by atoms with E-state index in [1.165, 1.54) is 18.2 Å². The van der Waals surface area contributed by atoms with Crippen LogP contribution in [0.15, 0.2) is 47.4 Å². The lowest BCUT2D eigenvalue weighted by Crippen LogP contribution is -2.37. The minimum Gasteiger partial charge on any atom is -0.355 e. The number of carbonyl (C=O) groups is 1. The summed E-state index contributed by atoms with van der Waals surface area (Å²) in [5, 5.41) is 14.4. The maximum absolute atomic E-state index is 12.2. The molecule has 11 heteroatoms. The Balaban J connectivity index is 1.85. The van der Waals surface area contributed by atoms with Gasteiger partial charge in [-0.2, -0.15) is 0 Å². The van der Waals surface area contributed by atoms with E-state index in [4.69, 9.17) is 23.2 Å². The first-order valence-electron chi connectivity index (χ1n) is 8.56. The second kappa shape index (κ2) is 10.0. The zero-order valence-corrected chi connectivity index (χ0v) is 17.7. The van der Waals surface area contributed by atoms with E-state index in [1.54, 1.807) is 25.1 Å². The Hall–Kier alpha value is -2.20. The quantitative estimate of drug-likeness (QED) is 0.339. The molecule has 0 aliphatic heterocycles. The number of non-ortho nitro benzene ring substituents is 1. The number of nitrogens with zero attached hydrogens (tertiary/aromatic N) is 1. The Labute approximate surface area is 178 Å². The van der Waals surface area contributed by atoms with Gasteiger partial charge >= 0.3 is 0 Å². The molecular formula is C18H19Cl2N3O5S. The molecule has 0 aliphatic rings. The number of carbonyl (C=O) groups excluding carboxylic acids is 1. The van der Waals surface area contributed by atoms with E-state index in [-0.39, 0.29) is 35.5 Å². The molecule has 156 valence electrons. The molecule has 0 bridgehead atoms. The SMILES string of the molecule is CC(Cc1ccc(Cl)cc1Cl)C(=O)NCCNS(=O)(=O)c1cccc([N+](=O)[O-])c1. The van der Waals surface area contributed by atoms with Crippen molar-refractivity contribution in [2.75, 3.05) is 13.1 Å². The van der Waals surface area contributed by atoms with Gasteiger partial charge in [-0.1, -0.05) is 42.3 Å². The predicted octanol–water partition coefficient (Wildman–Crippen LogP) is 3.17. The summed E-state index contributed by atoms with van der Waals surface area (Å²) in [6, 6.07) is 9.76. The summed E-state index contributed by atoms with van der Waals surface area (Å²) in [7, 11) is -3.93. The lowest BCUT2D eigenvalue weighted by Gasteiger charge is -2.14. The number of halogens is 2. The highest BCUT2D eigenvalue weighted by Crippen LogP contribution is 2.23. The van der Waals surface area contributed by atoms with Crippen molar-refractivity contribution in [1.82, 2.24) is 10.0 Å². The summed E-state index contributed by atoms with van der Waals surface area (Å²) in [4.78, 5) is 22.1. The van der Waals surface area contributed by atoms with Crippen molar-refractivity contribution in [1.29, 1.82) is 0 Å². The van der Waals surface area contributed by atoms with Crippen molar-refractivity contribution in [2.45, 2.75) is 18.2 Å². The van der Waals surface area contributed by atoms with Crippen LogP contribution in [-0.2, 0) is 21.2 Å². The molecular weight excluding hydrogens is 441 g/mol. The van der Waals surface area contributed by atoms with Crippen molar-refractivity contribution in [3.05, 3.63) is 68.2 Å². The molecule has 0 aromatic heterocycles. The fraction of sp³-hybridized carbons (Fsp3) is 0.278. The van der Waals surface area contributed by atoms with Gasteiger partial charge in [0.25, 0.3) is 5.69 Å². The van der Waals surface area contributed by atoms with E-state index >= 15 is 0 Å². The summed E-state index contributed by atoms with van der Waals surface area (Å²) in [6.07, 6.45) is 0.404. The van der Waals surface area contributed by atoms with Gasteiger partial charge in [-0.25, -0.2) is 13.1 Å². The summed E-state index contributed by atoms with van der Waals surface area (Å²) in [5.41, 5.74) is 0.459. The zero-order chi connectivity index (χ0) is 21.6. The Morgan fingerprint density at radius 2 is 1.90 bits per heavy atom. The fourth-order valence-electron chi connectivity index (χ4n) is 2.50. The molecule has 0 radical (unpaired) electrons. The number of amides is 1. The van der Waals surface area contributed by atoms with Crippen LogP contribution in [0.1, 0.15) is 12.5 Å². The van der Waals surface area contributed by atoms with E-state index in [0.29, 0.717) is 16.5 Å². The third-order valence-corrected chi connectivity index (χ3v) is 6.09. The van der Waals surface area contributed by atoms with Crippen LogP contribution in [0.2, 0.25) is 10.0 Å². The van der Waals surface area contributed by atoms with E-state index < -0.39 is 14.9 Å². The van der Waals surface area contributed by atoms with E-state index in [0.717, 1.165) is 11.6 Å². The second-order valence-corrected chi connectivity index (χ2v) is 8.89. The molecule has 1 unspecified atom stereocenters. The predicted molar refractivity (Wildman–Crippen MR) is 111 cm³/mol. The molecule has 1 amide bonds.